The number of aromatic hydroxyl groups is 1. The van der Waals surface area contributed by atoms with Gasteiger partial charge in [-0.25, -0.2) is 5.43 Å². The van der Waals surface area contributed by atoms with E-state index in [9.17, 15) is 15.2 Å². The van der Waals surface area contributed by atoms with E-state index in [1.165, 1.54) is 24.4 Å². The van der Waals surface area contributed by atoms with Gasteiger partial charge in [-0.2, -0.15) is 20.1 Å². The van der Waals surface area contributed by atoms with Crippen molar-refractivity contribution in [2.45, 2.75) is 6.54 Å². The predicted molar refractivity (Wildman–Crippen MR) is 114 cm³/mol. The van der Waals surface area contributed by atoms with E-state index in [-0.39, 0.29) is 11.5 Å². The van der Waals surface area contributed by atoms with Gasteiger partial charge >= 0.3 is 5.69 Å². The van der Waals surface area contributed by atoms with Gasteiger partial charge in [0.05, 0.1) is 11.1 Å². The highest BCUT2D eigenvalue weighted by atomic mass is 16.6. The highest BCUT2D eigenvalue weighted by Crippen LogP contribution is 2.28. The lowest BCUT2D eigenvalue weighted by Crippen LogP contribution is -2.16. The van der Waals surface area contributed by atoms with Gasteiger partial charge in [0.25, 0.3) is 0 Å². The molecule has 0 saturated carbocycles. The van der Waals surface area contributed by atoms with Gasteiger partial charge in [-0.15, -0.1) is 0 Å². The fourth-order valence-corrected chi connectivity index (χ4v) is 2.43. The molecule has 1 heterocycles. The monoisotopic (exact) mass is 408 g/mol. The van der Waals surface area contributed by atoms with Gasteiger partial charge in [0, 0.05) is 32.3 Å². The zero-order valence-electron chi connectivity index (χ0n) is 16.4. The summed E-state index contributed by atoms with van der Waals surface area (Å²) in [6.07, 6.45) is 1.25. The molecule has 0 bridgehead atoms. The summed E-state index contributed by atoms with van der Waals surface area (Å²) in [5.74, 6) is 0.471. The van der Waals surface area contributed by atoms with Crippen molar-refractivity contribution in [1.29, 1.82) is 0 Å². The SMILES string of the molecule is CN(C)c1nc(NCc2ccccc2)nc(NN=Cc2cccc([N+](=O)[O-])c2O)n1. The molecular weight excluding hydrogens is 388 g/mol. The average Bonchev–Trinajstić information content (AvgIpc) is 2.74. The van der Waals surface area contributed by atoms with Crippen LogP contribution in [0.5, 0.6) is 5.75 Å². The lowest BCUT2D eigenvalue weighted by Gasteiger charge is -2.13. The fourth-order valence-electron chi connectivity index (χ4n) is 2.43. The Balaban J connectivity index is 1.76. The summed E-state index contributed by atoms with van der Waals surface area (Å²) in [4.78, 5) is 24.8. The van der Waals surface area contributed by atoms with Crippen molar-refractivity contribution in [1.82, 2.24) is 15.0 Å². The summed E-state index contributed by atoms with van der Waals surface area (Å²) in [7, 11) is 3.59. The van der Waals surface area contributed by atoms with Gasteiger partial charge in [0.2, 0.25) is 23.6 Å². The number of benzene rings is 2. The molecule has 3 aromatic rings. The highest BCUT2D eigenvalue weighted by molar-refractivity contribution is 5.85. The maximum absolute atomic E-state index is 10.9. The van der Waals surface area contributed by atoms with Crippen LogP contribution in [0, 0.1) is 10.1 Å². The van der Waals surface area contributed by atoms with Crippen molar-refractivity contribution in [2.24, 2.45) is 5.10 Å². The van der Waals surface area contributed by atoms with Crippen LogP contribution >= 0.6 is 0 Å². The number of nitro benzene ring substituents is 1. The second kappa shape index (κ2) is 9.28. The van der Waals surface area contributed by atoms with Gasteiger partial charge in [-0.1, -0.05) is 36.4 Å². The fraction of sp³-hybridized carbons (Fsp3) is 0.158. The van der Waals surface area contributed by atoms with E-state index in [1.807, 2.05) is 30.3 Å². The third-order valence-electron chi connectivity index (χ3n) is 3.93. The molecule has 0 fully saturated rings. The molecule has 0 aliphatic carbocycles. The van der Waals surface area contributed by atoms with Crippen LogP contribution in [0.1, 0.15) is 11.1 Å². The third-order valence-corrected chi connectivity index (χ3v) is 3.93. The first-order valence-electron chi connectivity index (χ1n) is 8.90. The molecular formula is C19H20N8O3. The molecule has 0 radical (unpaired) electrons. The number of hydrogen-bond acceptors (Lipinski definition) is 10. The molecule has 0 amide bonds. The second-order valence-electron chi connectivity index (χ2n) is 6.36. The van der Waals surface area contributed by atoms with Crippen molar-refractivity contribution in [3.63, 3.8) is 0 Å². The van der Waals surface area contributed by atoms with Crippen molar-refractivity contribution in [3.8, 4) is 5.75 Å². The normalized spacial score (nSPS) is 10.7. The van der Waals surface area contributed by atoms with E-state index < -0.39 is 16.4 Å². The first-order chi connectivity index (χ1) is 14.4. The van der Waals surface area contributed by atoms with Crippen molar-refractivity contribution in [3.05, 3.63) is 69.8 Å². The Labute approximate surface area is 172 Å². The summed E-state index contributed by atoms with van der Waals surface area (Å²) in [6.45, 7) is 0.530. The van der Waals surface area contributed by atoms with Gasteiger partial charge in [-0.3, -0.25) is 10.1 Å². The molecule has 3 rings (SSSR count). The molecule has 1 aromatic heterocycles. The number of nitrogens with one attached hydrogen (secondary N) is 2. The second-order valence-corrected chi connectivity index (χ2v) is 6.36. The zero-order chi connectivity index (χ0) is 21.5. The van der Waals surface area contributed by atoms with E-state index in [4.69, 9.17) is 0 Å². The van der Waals surface area contributed by atoms with E-state index >= 15 is 0 Å². The minimum absolute atomic E-state index is 0.172. The topological polar surface area (TPSA) is 142 Å². The summed E-state index contributed by atoms with van der Waals surface area (Å²) in [5, 5.41) is 28.0. The summed E-state index contributed by atoms with van der Waals surface area (Å²) in [6, 6.07) is 14.0. The van der Waals surface area contributed by atoms with Crippen LogP contribution in [0.4, 0.5) is 23.5 Å². The first-order valence-corrected chi connectivity index (χ1v) is 8.90. The lowest BCUT2D eigenvalue weighted by atomic mass is 10.2. The van der Waals surface area contributed by atoms with Gasteiger partial charge in [0.15, 0.2) is 0 Å². The van der Waals surface area contributed by atoms with Crippen LogP contribution in [0.3, 0.4) is 0 Å². The molecule has 11 nitrogen and oxygen atoms in total. The molecule has 0 saturated heterocycles. The van der Waals surface area contributed by atoms with Crippen LogP contribution in [0.25, 0.3) is 0 Å². The zero-order valence-corrected chi connectivity index (χ0v) is 16.4. The molecule has 0 spiro atoms. The van der Waals surface area contributed by atoms with E-state index in [2.05, 4.69) is 30.8 Å². The number of nitrogens with zero attached hydrogens (tertiary/aromatic N) is 6. The molecule has 3 N–H and O–H groups in total. The first kappa shape index (κ1) is 20.5. The van der Waals surface area contributed by atoms with Crippen LogP contribution in [-0.2, 0) is 6.54 Å². The number of nitro groups is 1. The Bertz CT molecular complexity index is 1060. The number of aromatic nitrogens is 3. The Morgan fingerprint density at radius 3 is 2.53 bits per heavy atom. The minimum atomic E-state index is -0.667. The summed E-state index contributed by atoms with van der Waals surface area (Å²) in [5.41, 5.74) is 3.51. The summed E-state index contributed by atoms with van der Waals surface area (Å²) >= 11 is 0. The molecule has 0 aliphatic heterocycles. The summed E-state index contributed by atoms with van der Waals surface area (Å²) < 4.78 is 0. The van der Waals surface area contributed by atoms with Crippen LogP contribution in [0.2, 0.25) is 0 Å². The molecule has 11 heteroatoms. The third kappa shape index (κ3) is 5.16. The van der Waals surface area contributed by atoms with E-state index in [0.29, 0.717) is 18.4 Å². The number of phenolic OH excluding ortho intramolecular Hbond substituents is 1. The molecule has 0 atom stereocenters. The average molecular weight is 408 g/mol. The minimum Gasteiger partial charge on any atom is -0.502 e. The Morgan fingerprint density at radius 1 is 1.10 bits per heavy atom. The van der Waals surface area contributed by atoms with Gasteiger partial charge < -0.3 is 15.3 Å². The van der Waals surface area contributed by atoms with E-state index in [0.717, 1.165) is 5.56 Å². The van der Waals surface area contributed by atoms with Crippen LogP contribution < -0.4 is 15.6 Å². The number of hydrogen-bond donors (Lipinski definition) is 3. The van der Waals surface area contributed by atoms with E-state index in [1.54, 1.807) is 19.0 Å². The molecule has 30 heavy (non-hydrogen) atoms. The van der Waals surface area contributed by atoms with Crippen molar-refractivity contribution in [2.75, 3.05) is 29.7 Å². The van der Waals surface area contributed by atoms with Crippen molar-refractivity contribution < 1.29 is 10.0 Å². The van der Waals surface area contributed by atoms with Crippen LogP contribution in [0.15, 0.2) is 53.6 Å². The van der Waals surface area contributed by atoms with Gasteiger partial charge in [-0.05, 0) is 11.6 Å². The van der Waals surface area contributed by atoms with Crippen molar-refractivity contribution >= 4 is 29.7 Å². The number of anilines is 3. The standard InChI is InChI=1S/C19H20N8O3/c1-26(2)19-23-17(20-11-13-7-4-3-5-8-13)22-18(24-19)25-21-12-14-9-6-10-15(16(14)28)27(29)30/h3-10,12,28H,11H2,1-2H3,(H2,20,22,23,24,25). The number of hydrazone groups is 1. The Hall–Kier alpha value is -4.28. The molecule has 0 aliphatic rings. The number of phenols is 1. The molecule has 2 aromatic carbocycles. The molecule has 154 valence electrons. The van der Waals surface area contributed by atoms with Gasteiger partial charge in [0.1, 0.15) is 0 Å². The quantitative estimate of drug-likeness (QED) is 0.291. The Morgan fingerprint density at radius 2 is 1.83 bits per heavy atom. The highest BCUT2D eigenvalue weighted by Gasteiger charge is 2.15. The lowest BCUT2D eigenvalue weighted by molar-refractivity contribution is -0.385. The number of rotatable bonds is 8. The Kier molecular flexibility index (Phi) is 6.33. The smallest absolute Gasteiger partial charge is 0.311 e. The molecule has 0 unspecified atom stereocenters. The maximum Gasteiger partial charge on any atom is 0.311 e. The largest absolute Gasteiger partial charge is 0.502 e. The van der Waals surface area contributed by atoms with Crippen LogP contribution in [-0.4, -0.2) is 45.3 Å². The predicted octanol–water partition coefficient (Wildman–Crippen LogP) is 2.61. The number of para-hydroxylation sites is 1. The maximum atomic E-state index is 10.9.